The third-order valence-electron chi connectivity index (χ3n) is 5.23. The molecule has 0 aromatic carbocycles. The number of allylic oxidation sites excluding steroid dienone is 2. The molecule has 0 nitrogen and oxygen atoms in total. The van der Waals surface area contributed by atoms with Crippen molar-refractivity contribution in [1.29, 1.82) is 0 Å². The SMILES string of the molecule is CCCCCCCC1C(=C2CC2C)CCCC1C. The molecule has 18 heavy (non-hydrogen) atoms. The van der Waals surface area contributed by atoms with Crippen LogP contribution in [-0.2, 0) is 0 Å². The molecule has 0 saturated heterocycles. The van der Waals surface area contributed by atoms with Crippen molar-refractivity contribution in [3.63, 3.8) is 0 Å². The number of hydrogen-bond acceptors (Lipinski definition) is 0. The van der Waals surface area contributed by atoms with Crippen molar-refractivity contribution >= 4 is 0 Å². The molecule has 0 bridgehead atoms. The first-order chi connectivity index (χ1) is 8.74. The van der Waals surface area contributed by atoms with Gasteiger partial charge in [-0.3, -0.25) is 0 Å². The minimum Gasteiger partial charge on any atom is -0.0673 e. The molecule has 2 aliphatic rings. The molecule has 0 radical (unpaired) electrons. The van der Waals surface area contributed by atoms with E-state index in [1.807, 2.05) is 11.1 Å². The molecule has 0 aromatic heterocycles. The molecular formula is C18H32. The van der Waals surface area contributed by atoms with Gasteiger partial charge in [-0.2, -0.15) is 0 Å². The Balaban J connectivity index is 1.83. The van der Waals surface area contributed by atoms with E-state index in [2.05, 4.69) is 20.8 Å². The smallest absolute Gasteiger partial charge is 0.0175 e. The van der Waals surface area contributed by atoms with Gasteiger partial charge >= 0.3 is 0 Å². The van der Waals surface area contributed by atoms with Crippen LogP contribution in [-0.4, -0.2) is 0 Å². The van der Waals surface area contributed by atoms with Crippen molar-refractivity contribution < 1.29 is 0 Å². The zero-order chi connectivity index (χ0) is 13.0. The lowest BCUT2D eigenvalue weighted by molar-refractivity contribution is 0.301. The van der Waals surface area contributed by atoms with Crippen LogP contribution in [0.2, 0.25) is 0 Å². The van der Waals surface area contributed by atoms with Crippen molar-refractivity contribution in [3.05, 3.63) is 11.1 Å². The van der Waals surface area contributed by atoms with Gasteiger partial charge in [0.25, 0.3) is 0 Å². The maximum atomic E-state index is 2.50. The fraction of sp³-hybridized carbons (Fsp3) is 0.889. The van der Waals surface area contributed by atoms with Crippen molar-refractivity contribution in [1.82, 2.24) is 0 Å². The van der Waals surface area contributed by atoms with E-state index in [9.17, 15) is 0 Å². The molecule has 3 unspecified atom stereocenters. The summed E-state index contributed by atoms with van der Waals surface area (Å²) in [6.45, 7) is 7.23. The second kappa shape index (κ2) is 6.78. The lowest BCUT2D eigenvalue weighted by Gasteiger charge is -2.32. The summed E-state index contributed by atoms with van der Waals surface area (Å²) in [4.78, 5) is 0. The summed E-state index contributed by atoms with van der Waals surface area (Å²) < 4.78 is 0. The topological polar surface area (TPSA) is 0 Å². The van der Waals surface area contributed by atoms with E-state index in [1.165, 1.54) is 64.2 Å². The third kappa shape index (κ3) is 3.62. The van der Waals surface area contributed by atoms with Crippen molar-refractivity contribution in [3.8, 4) is 0 Å². The summed E-state index contributed by atoms with van der Waals surface area (Å²) in [5.41, 5.74) is 3.77. The average Bonchev–Trinajstić information content (AvgIpc) is 3.07. The summed E-state index contributed by atoms with van der Waals surface area (Å²) in [5.74, 6) is 2.86. The zero-order valence-corrected chi connectivity index (χ0v) is 12.8. The molecule has 0 aliphatic heterocycles. The molecule has 2 fully saturated rings. The molecule has 0 spiro atoms. The Morgan fingerprint density at radius 3 is 2.39 bits per heavy atom. The van der Waals surface area contributed by atoms with Crippen molar-refractivity contribution in [2.75, 3.05) is 0 Å². The van der Waals surface area contributed by atoms with Gasteiger partial charge in [-0.25, -0.2) is 0 Å². The van der Waals surface area contributed by atoms with Crippen LogP contribution in [0.15, 0.2) is 11.1 Å². The molecule has 3 atom stereocenters. The Kier molecular flexibility index (Phi) is 5.33. The molecule has 104 valence electrons. The average molecular weight is 248 g/mol. The molecule has 0 N–H and O–H groups in total. The Hall–Kier alpha value is -0.260. The van der Waals surface area contributed by atoms with Gasteiger partial charge in [0, 0.05) is 0 Å². The lowest BCUT2D eigenvalue weighted by atomic mass is 9.73. The van der Waals surface area contributed by atoms with Crippen LogP contribution < -0.4 is 0 Å². The van der Waals surface area contributed by atoms with Gasteiger partial charge in [0.05, 0.1) is 0 Å². The van der Waals surface area contributed by atoms with E-state index in [4.69, 9.17) is 0 Å². The second-order valence-electron chi connectivity index (χ2n) is 6.83. The Morgan fingerprint density at radius 1 is 1.00 bits per heavy atom. The standard InChI is InChI=1S/C18H32/c1-4-5-6-7-8-11-16-14(2)10-9-12-17(16)18-13-15(18)3/h14-16H,4-13H2,1-3H3. The third-order valence-corrected chi connectivity index (χ3v) is 5.23. The molecule has 2 saturated carbocycles. The Bertz CT molecular complexity index is 286. The van der Waals surface area contributed by atoms with Crippen LogP contribution >= 0.6 is 0 Å². The zero-order valence-electron chi connectivity index (χ0n) is 12.8. The monoisotopic (exact) mass is 248 g/mol. The minimum atomic E-state index is 0.938. The van der Waals surface area contributed by atoms with Gasteiger partial charge in [0.15, 0.2) is 0 Å². The van der Waals surface area contributed by atoms with Gasteiger partial charge in [-0.1, -0.05) is 64.0 Å². The summed E-state index contributed by atoms with van der Waals surface area (Å²) in [6, 6.07) is 0. The molecule has 2 aliphatic carbocycles. The fourth-order valence-corrected chi connectivity index (χ4v) is 3.89. The summed E-state index contributed by atoms with van der Waals surface area (Å²) >= 11 is 0. The van der Waals surface area contributed by atoms with Gasteiger partial charge < -0.3 is 0 Å². The van der Waals surface area contributed by atoms with Gasteiger partial charge in [0.2, 0.25) is 0 Å². The van der Waals surface area contributed by atoms with Gasteiger partial charge in [0.1, 0.15) is 0 Å². The summed E-state index contributed by atoms with van der Waals surface area (Å²) in [7, 11) is 0. The van der Waals surface area contributed by atoms with Crippen molar-refractivity contribution in [2.45, 2.75) is 85.0 Å². The molecule has 2 rings (SSSR count). The maximum absolute atomic E-state index is 2.50. The number of rotatable bonds is 6. The Morgan fingerprint density at radius 2 is 1.72 bits per heavy atom. The first-order valence-corrected chi connectivity index (χ1v) is 8.45. The van der Waals surface area contributed by atoms with E-state index < -0.39 is 0 Å². The maximum Gasteiger partial charge on any atom is -0.0175 e. The quantitative estimate of drug-likeness (QED) is 0.392. The van der Waals surface area contributed by atoms with Crippen LogP contribution in [0.3, 0.4) is 0 Å². The van der Waals surface area contributed by atoms with Gasteiger partial charge in [-0.05, 0) is 49.9 Å². The number of hydrogen-bond donors (Lipinski definition) is 0. The normalized spacial score (nSPS) is 35.8. The fourth-order valence-electron chi connectivity index (χ4n) is 3.89. The van der Waals surface area contributed by atoms with Crippen LogP contribution in [0.25, 0.3) is 0 Å². The van der Waals surface area contributed by atoms with Crippen LogP contribution in [0.5, 0.6) is 0 Å². The van der Waals surface area contributed by atoms with E-state index in [-0.39, 0.29) is 0 Å². The first kappa shape index (κ1) is 14.2. The highest BCUT2D eigenvalue weighted by atomic mass is 14.4. The highest BCUT2D eigenvalue weighted by Crippen LogP contribution is 2.48. The molecule has 0 heteroatoms. The molecule has 0 aromatic rings. The number of unbranched alkanes of at least 4 members (excludes halogenated alkanes) is 4. The highest BCUT2D eigenvalue weighted by molar-refractivity contribution is 5.32. The van der Waals surface area contributed by atoms with E-state index in [1.54, 1.807) is 0 Å². The first-order valence-electron chi connectivity index (χ1n) is 8.45. The van der Waals surface area contributed by atoms with Crippen LogP contribution in [0.4, 0.5) is 0 Å². The van der Waals surface area contributed by atoms with Crippen molar-refractivity contribution in [2.24, 2.45) is 17.8 Å². The summed E-state index contributed by atoms with van der Waals surface area (Å²) in [5, 5.41) is 0. The molecular weight excluding hydrogens is 216 g/mol. The minimum absolute atomic E-state index is 0.938. The largest absolute Gasteiger partial charge is 0.0673 e. The lowest BCUT2D eigenvalue weighted by Crippen LogP contribution is -2.19. The summed E-state index contributed by atoms with van der Waals surface area (Å²) in [6.07, 6.45) is 14.5. The predicted octanol–water partition coefficient (Wildman–Crippen LogP) is 6.12. The van der Waals surface area contributed by atoms with Gasteiger partial charge in [-0.15, -0.1) is 0 Å². The molecule has 0 heterocycles. The van der Waals surface area contributed by atoms with Crippen LogP contribution in [0, 0.1) is 17.8 Å². The Labute approximate surface area is 114 Å². The molecule has 0 amide bonds. The predicted molar refractivity (Wildman–Crippen MR) is 80.7 cm³/mol. The van der Waals surface area contributed by atoms with Crippen LogP contribution in [0.1, 0.15) is 85.0 Å². The van der Waals surface area contributed by atoms with E-state index in [0.717, 1.165) is 17.8 Å². The second-order valence-corrected chi connectivity index (χ2v) is 6.83. The van der Waals surface area contributed by atoms with E-state index in [0.29, 0.717) is 0 Å². The van der Waals surface area contributed by atoms with E-state index >= 15 is 0 Å². The highest BCUT2D eigenvalue weighted by Gasteiger charge is 2.34.